The molecule has 1 saturated carbocycles. The summed E-state index contributed by atoms with van der Waals surface area (Å²) in [7, 11) is -3.05. The molecule has 9 rings (SSSR count). The minimum absolute atomic E-state index is 0.116. The van der Waals surface area contributed by atoms with Gasteiger partial charge in [-0.25, -0.2) is 32.7 Å². The van der Waals surface area contributed by atoms with Gasteiger partial charge in [-0.2, -0.15) is 0 Å². The van der Waals surface area contributed by atoms with Crippen molar-refractivity contribution in [3.05, 3.63) is 48.3 Å². The number of hydrogen-bond donors (Lipinski definition) is 5. The molecule has 3 aliphatic rings. The van der Waals surface area contributed by atoms with Gasteiger partial charge in [0.15, 0.2) is 11.3 Å². The zero-order valence-corrected chi connectivity index (χ0v) is 24.0. The van der Waals surface area contributed by atoms with E-state index in [1.165, 1.54) is 23.9 Å². The molecule has 13 heteroatoms. The van der Waals surface area contributed by atoms with Crippen molar-refractivity contribution in [1.82, 2.24) is 50.0 Å². The number of aromatic nitrogens is 8. The van der Waals surface area contributed by atoms with Crippen molar-refractivity contribution in [3.8, 4) is 0 Å². The van der Waals surface area contributed by atoms with Gasteiger partial charge in [-0.3, -0.25) is 10.2 Å². The van der Waals surface area contributed by atoms with Gasteiger partial charge in [-0.05, 0) is 63.7 Å². The molecule has 6 aromatic rings. The topological polar surface area (TPSA) is 164 Å². The molecule has 0 unspecified atom stereocenters. The molecule has 3 fully saturated rings. The lowest BCUT2D eigenvalue weighted by Crippen LogP contribution is -2.39. The molecule has 0 atom stereocenters. The lowest BCUT2D eigenvalue weighted by Gasteiger charge is -2.31. The van der Waals surface area contributed by atoms with Gasteiger partial charge in [0, 0.05) is 70.3 Å². The van der Waals surface area contributed by atoms with Gasteiger partial charge in [0.2, 0.25) is 10.0 Å². The Morgan fingerprint density at radius 1 is 0.667 bits per heavy atom. The highest BCUT2D eigenvalue weighted by atomic mass is 32.2. The Kier molecular flexibility index (Phi) is 6.27. The minimum atomic E-state index is -3.05. The molecule has 0 aromatic carbocycles. The number of sulfonamides is 1. The number of fused-ring (bicyclic) bond motifs is 6. The van der Waals surface area contributed by atoms with Gasteiger partial charge in [0.05, 0.1) is 28.7 Å². The molecule has 0 spiro atoms. The summed E-state index contributed by atoms with van der Waals surface area (Å²) in [5, 5.41) is 21.0. The third-order valence-electron chi connectivity index (χ3n) is 9.18. The smallest absolute Gasteiger partial charge is 0.216 e. The molecule has 2 aliphatic heterocycles. The fourth-order valence-corrected chi connectivity index (χ4v) is 8.66. The second kappa shape index (κ2) is 10.2. The molecule has 8 heterocycles. The van der Waals surface area contributed by atoms with Crippen LogP contribution in [0, 0.1) is 0 Å². The standard InChI is InChI=1S/C16H19N5O2S.C13H15N5/c22-24(23,11-1-2-11)21-7-4-10(5-8-21)15-14-12-3-6-17-16(12)18-9-13(14)19-20-15;1-4-14-5-2-8(1)12-11-9-3-6-15-13(9)16-7-10(11)17-18-12/h3,6,9-11,19-20H,1-2,4-5,7-8H2;3,6-8,14,17-18H,1-2,4-5H2. The second-order valence-corrected chi connectivity index (χ2v) is 13.9. The quantitative estimate of drug-likeness (QED) is 0.208. The summed E-state index contributed by atoms with van der Waals surface area (Å²) in [6.07, 6.45) is 13.0. The summed E-state index contributed by atoms with van der Waals surface area (Å²) in [5.41, 5.74) is 6.10. The Morgan fingerprint density at radius 3 is 1.71 bits per heavy atom. The highest BCUT2D eigenvalue weighted by Crippen LogP contribution is 2.38. The molecule has 1 aliphatic carbocycles. The first-order chi connectivity index (χ1) is 20.6. The summed E-state index contributed by atoms with van der Waals surface area (Å²) in [4.78, 5) is 17.3. The van der Waals surface area contributed by atoms with Crippen molar-refractivity contribution in [2.45, 2.75) is 55.6 Å². The van der Waals surface area contributed by atoms with E-state index in [2.05, 4.69) is 51.7 Å². The first-order valence-corrected chi connectivity index (χ1v) is 16.4. The van der Waals surface area contributed by atoms with E-state index in [0.29, 0.717) is 24.9 Å². The predicted molar refractivity (Wildman–Crippen MR) is 162 cm³/mol. The van der Waals surface area contributed by atoms with E-state index >= 15 is 0 Å². The number of nitrogens with one attached hydrogen (secondary N) is 5. The SMILES string of the molecule is O=S(=O)(C1CC1)N1CCC(c2[nH][nH]c3cnc4nccc4c23)CC1.c1cc2c(n1)ncc1[nH][nH]c(C3CCNCC3)c12. The number of hydrogen-bond acceptors (Lipinski definition) is 7. The van der Waals surface area contributed by atoms with Crippen LogP contribution in [0.4, 0.5) is 0 Å². The van der Waals surface area contributed by atoms with E-state index in [-0.39, 0.29) is 5.25 Å². The number of pyridine rings is 2. The van der Waals surface area contributed by atoms with E-state index in [0.717, 1.165) is 83.0 Å². The van der Waals surface area contributed by atoms with E-state index in [9.17, 15) is 8.42 Å². The molecule has 5 N–H and O–H groups in total. The molecule has 0 bridgehead atoms. The monoisotopic (exact) mass is 586 g/mol. The Labute approximate surface area is 242 Å². The lowest BCUT2D eigenvalue weighted by molar-refractivity contribution is 0.317. The summed E-state index contributed by atoms with van der Waals surface area (Å²) < 4.78 is 26.5. The lowest BCUT2D eigenvalue weighted by atomic mass is 9.92. The zero-order valence-electron chi connectivity index (χ0n) is 23.2. The average Bonchev–Trinajstić information content (AvgIpc) is 3.39. The molecule has 6 aromatic heterocycles. The highest BCUT2D eigenvalue weighted by Gasteiger charge is 2.41. The van der Waals surface area contributed by atoms with Gasteiger partial charge in [-0.15, -0.1) is 0 Å². The Morgan fingerprint density at radius 2 is 1.19 bits per heavy atom. The van der Waals surface area contributed by atoms with Crippen molar-refractivity contribution < 1.29 is 8.42 Å². The maximum atomic E-state index is 12.4. The summed E-state index contributed by atoms with van der Waals surface area (Å²) in [5.74, 6) is 0.922. The number of nitrogens with zero attached hydrogens (tertiary/aromatic N) is 5. The molecule has 0 amide bonds. The molecule has 42 heavy (non-hydrogen) atoms. The largest absolute Gasteiger partial charge is 0.317 e. The Balaban J connectivity index is 0.000000132. The Bertz CT molecular complexity index is 1990. The van der Waals surface area contributed by atoms with Gasteiger partial charge >= 0.3 is 0 Å². The van der Waals surface area contributed by atoms with Gasteiger partial charge in [0.25, 0.3) is 0 Å². The third kappa shape index (κ3) is 4.38. The van der Waals surface area contributed by atoms with Crippen molar-refractivity contribution in [2.75, 3.05) is 26.2 Å². The van der Waals surface area contributed by atoms with Crippen LogP contribution in [-0.4, -0.2) is 84.5 Å². The van der Waals surface area contributed by atoms with Crippen molar-refractivity contribution in [1.29, 1.82) is 0 Å². The van der Waals surface area contributed by atoms with Crippen LogP contribution in [0.25, 0.3) is 43.9 Å². The molecule has 0 radical (unpaired) electrons. The van der Waals surface area contributed by atoms with Crippen LogP contribution in [0.5, 0.6) is 0 Å². The van der Waals surface area contributed by atoms with Crippen molar-refractivity contribution >= 4 is 53.9 Å². The summed E-state index contributed by atoms with van der Waals surface area (Å²) >= 11 is 0. The molecular weight excluding hydrogens is 552 g/mol. The summed E-state index contributed by atoms with van der Waals surface area (Å²) in [6.45, 7) is 3.41. The van der Waals surface area contributed by atoms with Gasteiger partial charge in [0.1, 0.15) is 0 Å². The fraction of sp³-hybridized carbons (Fsp3) is 0.448. The molecule has 218 valence electrons. The van der Waals surface area contributed by atoms with Crippen LogP contribution in [0.15, 0.2) is 36.9 Å². The number of piperidine rings is 2. The van der Waals surface area contributed by atoms with E-state index < -0.39 is 10.0 Å². The van der Waals surface area contributed by atoms with Crippen LogP contribution < -0.4 is 5.32 Å². The van der Waals surface area contributed by atoms with Gasteiger partial charge in [-0.1, -0.05) is 0 Å². The number of H-pyrrole nitrogens is 4. The van der Waals surface area contributed by atoms with E-state index in [4.69, 9.17) is 0 Å². The van der Waals surface area contributed by atoms with Crippen LogP contribution in [0.2, 0.25) is 0 Å². The van der Waals surface area contributed by atoms with Crippen LogP contribution in [0.3, 0.4) is 0 Å². The van der Waals surface area contributed by atoms with E-state index in [1.807, 2.05) is 18.5 Å². The minimum Gasteiger partial charge on any atom is -0.317 e. The Hall–Kier alpha value is -3.81. The van der Waals surface area contributed by atoms with Crippen LogP contribution in [-0.2, 0) is 10.0 Å². The first kappa shape index (κ1) is 25.9. The number of aromatic amines is 4. The average molecular weight is 587 g/mol. The molecule has 2 saturated heterocycles. The normalized spacial score (nSPS) is 19.6. The van der Waals surface area contributed by atoms with Gasteiger partial charge < -0.3 is 15.5 Å². The molecule has 12 nitrogen and oxygen atoms in total. The summed E-state index contributed by atoms with van der Waals surface area (Å²) in [6, 6.07) is 4.04. The van der Waals surface area contributed by atoms with Crippen LogP contribution in [0.1, 0.15) is 61.7 Å². The molecular formula is C29H34N10O2S. The number of rotatable bonds is 4. The highest BCUT2D eigenvalue weighted by molar-refractivity contribution is 7.90. The van der Waals surface area contributed by atoms with Crippen molar-refractivity contribution in [2.24, 2.45) is 0 Å². The predicted octanol–water partition coefficient (Wildman–Crippen LogP) is 4.02. The maximum Gasteiger partial charge on any atom is 0.216 e. The maximum absolute atomic E-state index is 12.4. The van der Waals surface area contributed by atoms with E-state index in [1.54, 1.807) is 16.7 Å². The van der Waals surface area contributed by atoms with Crippen LogP contribution >= 0.6 is 0 Å². The zero-order chi connectivity index (χ0) is 28.3. The first-order valence-electron chi connectivity index (χ1n) is 14.9. The van der Waals surface area contributed by atoms with Crippen molar-refractivity contribution in [3.63, 3.8) is 0 Å². The fourth-order valence-electron chi connectivity index (χ4n) is 6.78. The third-order valence-corrected chi connectivity index (χ3v) is 11.6. The second-order valence-electron chi connectivity index (χ2n) is 11.7.